The molecule has 0 saturated carbocycles. The van der Waals surface area contributed by atoms with Gasteiger partial charge >= 0.3 is 118 Å². The largest absolute Gasteiger partial charge is 1.00 e. The van der Waals surface area contributed by atoms with E-state index >= 15 is 0 Å². The molecule has 0 unspecified atom stereocenters. The zero-order valence-electron chi connectivity index (χ0n) is 29.9. The number of nitrogens with zero attached hydrogens (tertiary/aromatic N) is 5. The number of ether oxygens (including phenoxy) is 1. The average Bonchev–Trinajstić information content (AvgIpc) is 3.02. The van der Waals surface area contributed by atoms with Crippen LogP contribution in [0.3, 0.4) is 0 Å². The third-order valence-corrected chi connectivity index (χ3v) is 11.4. The third-order valence-electron chi connectivity index (χ3n) is 6.28. The van der Waals surface area contributed by atoms with E-state index in [0.717, 1.165) is 29.6 Å². The fraction of sp³-hybridized carbons (Fsp3) is 0.269. The number of benzene rings is 3. The third kappa shape index (κ3) is 18.7. The molecule has 0 aliphatic carbocycles. The molecule has 4 aromatic rings. The molecule has 1 aromatic heterocycles. The van der Waals surface area contributed by atoms with E-state index in [2.05, 4.69) is 30.5 Å². The van der Waals surface area contributed by atoms with Gasteiger partial charge in [-0.1, -0.05) is 29.6 Å². The predicted octanol–water partition coefficient (Wildman–Crippen LogP) is -8.93. The molecule has 29 heteroatoms. The number of fused-ring (bicyclic) bond motifs is 1. The summed E-state index contributed by atoms with van der Waals surface area (Å²) in [6, 6.07) is 9.73. The quantitative estimate of drug-likeness (QED) is 0.0338. The van der Waals surface area contributed by atoms with Crippen molar-refractivity contribution in [1.82, 2.24) is 15.0 Å². The summed E-state index contributed by atoms with van der Waals surface area (Å²) in [5.74, 6) is -0.559. The number of methoxy groups -OCH3 is 1. The summed E-state index contributed by atoms with van der Waals surface area (Å²) < 4.78 is 141. The van der Waals surface area contributed by atoms with Crippen LogP contribution in [0, 0.1) is 0 Å². The molecule has 0 radical (unpaired) electrons. The van der Waals surface area contributed by atoms with Gasteiger partial charge in [-0.05, 0) is 54.6 Å². The molecule has 276 valence electrons. The Hall–Kier alpha value is 0.470. The molecule has 19 nitrogen and oxygen atoms in total. The topological polar surface area (TPSA) is 313 Å². The van der Waals surface area contributed by atoms with Crippen LogP contribution in [-0.4, -0.2) is 97.0 Å². The molecule has 0 fully saturated rings. The Morgan fingerprint density at radius 2 is 1.18 bits per heavy atom. The van der Waals surface area contributed by atoms with Crippen molar-refractivity contribution < 1.29 is 175 Å². The first-order valence-corrected chi connectivity index (χ1v) is 21.9. The Morgan fingerprint density at radius 3 is 1.65 bits per heavy atom. The first-order valence-electron chi connectivity index (χ1n) is 14.0. The summed E-state index contributed by atoms with van der Waals surface area (Å²) in [7, 11) is -17.7. The number of azo groups is 1. The fourth-order valence-corrected chi connectivity index (χ4v) is 8.39. The Labute approximate surface area is 414 Å². The van der Waals surface area contributed by atoms with Crippen molar-refractivity contribution in [2.75, 3.05) is 35.4 Å². The first-order chi connectivity index (χ1) is 23.7. The van der Waals surface area contributed by atoms with Crippen LogP contribution in [0.5, 0.6) is 5.75 Å². The van der Waals surface area contributed by atoms with E-state index in [1.165, 1.54) is 43.5 Å². The van der Waals surface area contributed by atoms with Gasteiger partial charge in [0.05, 0.1) is 54.2 Å². The van der Waals surface area contributed by atoms with E-state index in [1.54, 1.807) is 0 Å². The molecule has 0 spiro atoms. The van der Waals surface area contributed by atoms with E-state index < -0.39 is 61.8 Å². The molecule has 3 aromatic carbocycles. The minimum atomic E-state index is -5.20. The first kappa shape index (κ1) is 55.5. The number of rotatable bonds is 17. The molecule has 1 N–H and O–H groups in total. The Morgan fingerprint density at radius 1 is 0.673 bits per heavy atom. The van der Waals surface area contributed by atoms with E-state index in [9.17, 15) is 51.9 Å². The minimum absolute atomic E-state index is 0. The summed E-state index contributed by atoms with van der Waals surface area (Å²) in [5.41, 5.74) is 0.656. The van der Waals surface area contributed by atoms with Gasteiger partial charge in [0.2, 0.25) is 5.95 Å². The predicted molar refractivity (Wildman–Crippen MR) is 180 cm³/mol. The monoisotopic (exact) mass is 912 g/mol. The van der Waals surface area contributed by atoms with Crippen LogP contribution in [0.25, 0.3) is 10.8 Å². The Bertz CT molecular complexity index is 2370. The van der Waals surface area contributed by atoms with Crippen molar-refractivity contribution >= 4 is 97.8 Å². The second-order valence-electron chi connectivity index (χ2n) is 10.1. The molecule has 0 saturated heterocycles. The van der Waals surface area contributed by atoms with Crippen molar-refractivity contribution in [3.8, 4) is 5.75 Å². The number of thioether (sulfide) groups is 2. The maximum Gasteiger partial charge on any atom is 1.00 e. The summed E-state index contributed by atoms with van der Waals surface area (Å²) in [5, 5.41) is 11.3. The minimum Gasteiger partial charge on any atom is -0.748 e. The van der Waals surface area contributed by atoms with E-state index in [1.807, 2.05) is 0 Å². The summed E-state index contributed by atoms with van der Waals surface area (Å²) >= 11 is 2.10. The maximum atomic E-state index is 11.9. The van der Waals surface area contributed by atoms with Gasteiger partial charge in [0.1, 0.15) is 26.0 Å². The zero-order chi connectivity index (χ0) is 37.6. The molecule has 0 atom stereocenters. The second kappa shape index (κ2) is 24.0. The molecule has 0 bridgehead atoms. The fourth-order valence-electron chi connectivity index (χ4n) is 4.10. The summed E-state index contributed by atoms with van der Waals surface area (Å²) in [6.45, 7) is 0. The standard InChI is InChI=1S/C26H28N6O13S6.4Na/c1-45-22-14-18(32-31-17-5-4-16-12-19(50(39,40)41)15-23(20(16)13-17)51(42,43)44)6-7-21(22)27-24-28-25(46-8-2-10-48(33,34)35)30-26(29-24)47-9-3-11-49(36,37)38;;;;/h4-7,12-15H,2-3,8-11H2,1H3,(H,33,34,35)(H,36,37,38)(H,39,40,41)(H,42,43,44)(H,27,28,29,30);;;;/q;4*+1/p-4. The van der Waals surface area contributed by atoms with Crippen LogP contribution in [-0.2, 0) is 40.5 Å². The summed E-state index contributed by atoms with van der Waals surface area (Å²) in [4.78, 5) is 11.1. The van der Waals surface area contributed by atoms with Crippen molar-refractivity contribution in [3.63, 3.8) is 0 Å². The van der Waals surface area contributed by atoms with Crippen LogP contribution in [0.15, 0.2) is 78.9 Å². The molecule has 0 amide bonds. The van der Waals surface area contributed by atoms with Gasteiger partial charge in [0.25, 0.3) is 0 Å². The van der Waals surface area contributed by atoms with E-state index in [4.69, 9.17) is 4.74 Å². The van der Waals surface area contributed by atoms with Gasteiger partial charge in [-0.15, -0.1) is 0 Å². The molecule has 0 aliphatic rings. The maximum absolute atomic E-state index is 11.9. The molecule has 0 aliphatic heterocycles. The van der Waals surface area contributed by atoms with E-state index in [-0.39, 0.29) is 187 Å². The van der Waals surface area contributed by atoms with Gasteiger partial charge in [0.15, 0.2) is 10.3 Å². The van der Waals surface area contributed by atoms with Gasteiger partial charge < -0.3 is 28.3 Å². The van der Waals surface area contributed by atoms with Crippen LogP contribution in [0.1, 0.15) is 12.8 Å². The molecule has 4 rings (SSSR count). The van der Waals surface area contributed by atoms with Crippen LogP contribution < -0.4 is 128 Å². The molecular weight excluding hydrogens is 889 g/mol. The molecule has 1 heterocycles. The van der Waals surface area contributed by atoms with Gasteiger partial charge in [0, 0.05) is 34.5 Å². The van der Waals surface area contributed by atoms with Crippen molar-refractivity contribution in [2.45, 2.75) is 32.9 Å². The Balaban J connectivity index is 0.00000729. The van der Waals surface area contributed by atoms with Crippen molar-refractivity contribution in [2.24, 2.45) is 10.2 Å². The van der Waals surface area contributed by atoms with Gasteiger partial charge in [-0.2, -0.15) is 25.2 Å². The molecular formula is C26H24N6Na4O13S6. The van der Waals surface area contributed by atoms with Crippen LogP contribution >= 0.6 is 23.5 Å². The second-order valence-corrected chi connectivity index (χ2v) is 18.0. The Kier molecular flexibility index (Phi) is 24.3. The average molecular weight is 913 g/mol. The van der Waals surface area contributed by atoms with Crippen LogP contribution in [0.2, 0.25) is 0 Å². The number of hydrogen-bond acceptors (Lipinski definition) is 21. The van der Waals surface area contributed by atoms with Crippen LogP contribution in [0.4, 0.5) is 23.0 Å². The number of hydrogen-bond donors (Lipinski definition) is 1. The van der Waals surface area contributed by atoms with Gasteiger partial charge in [-0.25, -0.2) is 33.7 Å². The van der Waals surface area contributed by atoms with Crippen molar-refractivity contribution in [3.05, 3.63) is 48.5 Å². The smallest absolute Gasteiger partial charge is 0.748 e. The number of anilines is 2. The molecule has 55 heavy (non-hydrogen) atoms. The normalized spacial score (nSPS) is 11.9. The zero-order valence-corrected chi connectivity index (χ0v) is 42.8. The number of nitrogens with one attached hydrogen (secondary N) is 1. The van der Waals surface area contributed by atoms with Crippen molar-refractivity contribution in [1.29, 1.82) is 0 Å². The SMILES string of the molecule is COc1cc(N=Nc2ccc3cc(S(=O)(=O)[O-])cc(S(=O)(=O)[O-])c3c2)ccc1Nc1nc(SCCCS(=O)(=O)[O-])nc(SCCCS(=O)(=O)[O-])n1.[Na+].[Na+].[Na+].[Na+]. The number of aromatic nitrogens is 3. The van der Waals surface area contributed by atoms with Gasteiger partial charge in [-0.3, -0.25) is 0 Å². The van der Waals surface area contributed by atoms with E-state index in [0.29, 0.717) is 11.8 Å². The summed E-state index contributed by atoms with van der Waals surface area (Å²) in [6.07, 6.45) is 0.0623.